The van der Waals surface area contributed by atoms with Gasteiger partial charge >= 0.3 is 6.09 Å². The Bertz CT molecular complexity index is 872. The highest BCUT2D eigenvalue weighted by Crippen LogP contribution is 2.30. The third kappa shape index (κ3) is 6.47. The standard InChI is InChI=1S/C23H32N4O4/c1-23(2,3)31-22(28)27-13-11-17(12-14-27)6-5-16-7-9-18(10-8-16)30-21-19(24)20(29-4)25-15-26-21/h7-10,15,17H,5-6,11-14,24H2,1-4H3. The molecule has 8 heteroatoms. The number of likely N-dealkylation sites (tertiary alicyclic amines) is 1. The third-order valence-electron chi connectivity index (χ3n) is 5.25. The summed E-state index contributed by atoms with van der Waals surface area (Å²) in [5.41, 5.74) is 7.02. The van der Waals surface area contributed by atoms with Gasteiger partial charge in [0.2, 0.25) is 11.8 Å². The van der Waals surface area contributed by atoms with Crippen LogP contribution in [0.15, 0.2) is 30.6 Å². The van der Waals surface area contributed by atoms with Gasteiger partial charge in [-0.05, 0) is 70.1 Å². The predicted molar refractivity (Wildman–Crippen MR) is 118 cm³/mol. The smallest absolute Gasteiger partial charge is 0.410 e. The van der Waals surface area contributed by atoms with E-state index in [1.807, 2.05) is 37.8 Å². The number of ether oxygens (including phenoxy) is 3. The summed E-state index contributed by atoms with van der Waals surface area (Å²) < 4.78 is 16.3. The Balaban J connectivity index is 1.46. The normalized spacial score (nSPS) is 14.9. The maximum absolute atomic E-state index is 12.2. The highest BCUT2D eigenvalue weighted by atomic mass is 16.6. The molecule has 1 saturated heterocycles. The molecule has 2 aromatic rings. The molecule has 1 fully saturated rings. The van der Waals surface area contributed by atoms with E-state index >= 15 is 0 Å². The fraction of sp³-hybridized carbons (Fsp3) is 0.522. The zero-order valence-electron chi connectivity index (χ0n) is 18.8. The number of methoxy groups -OCH3 is 1. The van der Waals surface area contributed by atoms with Crippen molar-refractivity contribution in [2.24, 2.45) is 5.92 Å². The molecule has 1 amide bonds. The molecule has 168 valence electrons. The van der Waals surface area contributed by atoms with Crippen LogP contribution in [-0.4, -0.2) is 46.8 Å². The van der Waals surface area contributed by atoms with Gasteiger partial charge in [0.15, 0.2) is 5.69 Å². The van der Waals surface area contributed by atoms with Crippen LogP contribution in [0.1, 0.15) is 45.6 Å². The van der Waals surface area contributed by atoms with E-state index in [2.05, 4.69) is 22.1 Å². The summed E-state index contributed by atoms with van der Waals surface area (Å²) in [5.74, 6) is 1.83. The first-order valence-electron chi connectivity index (χ1n) is 10.6. The van der Waals surface area contributed by atoms with Crippen LogP contribution in [0.3, 0.4) is 0 Å². The maximum Gasteiger partial charge on any atom is 0.410 e. The van der Waals surface area contributed by atoms with Crippen LogP contribution in [0.4, 0.5) is 10.5 Å². The summed E-state index contributed by atoms with van der Waals surface area (Å²) in [4.78, 5) is 22.0. The average Bonchev–Trinajstić information content (AvgIpc) is 2.74. The summed E-state index contributed by atoms with van der Waals surface area (Å²) in [6, 6.07) is 7.93. The van der Waals surface area contributed by atoms with Gasteiger partial charge in [-0.3, -0.25) is 0 Å². The van der Waals surface area contributed by atoms with Crippen molar-refractivity contribution >= 4 is 11.8 Å². The largest absolute Gasteiger partial charge is 0.479 e. The lowest BCUT2D eigenvalue weighted by Gasteiger charge is -2.33. The Kier molecular flexibility index (Phi) is 7.20. The number of hydrogen-bond acceptors (Lipinski definition) is 7. The molecule has 1 aliphatic rings. The zero-order chi connectivity index (χ0) is 22.4. The van der Waals surface area contributed by atoms with Crippen molar-refractivity contribution in [2.75, 3.05) is 25.9 Å². The molecule has 0 spiro atoms. The molecule has 8 nitrogen and oxygen atoms in total. The van der Waals surface area contributed by atoms with Crippen molar-refractivity contribution in [3.05, 3.63) is 36.2 Å². The van der Waals surface area contributed by atoms with E-state index in [0.717, 1.165) is 38.8 Å². The number of piperidine rings is 1. The Hall–Kier alpha value is -3.03. The fourth-order valence-corrected chi connectivity index (χ4v) is 3.55. The molecule has 2 N–H and O–H groups in total. The zero-order valence-corrected chi connectivity index (χ0v) is 18.8. The minimum absolute atomic E-state index is 0.205. The molecule has 31 heavy (non-hydrogen) atoms. The number of benzene rings is 1. The summed E-state index contributed by atoms with van der Waals surface area (Å²) in [6.45, 7) is 7.21. The van der Waals surface area contributed by atoms with Gasteiger partial charge in [-0.1, -0.05) is 12.1 Å². The number of anilines is 1. The molecule has 2 heterocycles. The second-order valence-electron chi connectivity index (χ2n) is 8.80. The number of rotatable bonds is 6. The number of carbonyl (C=O) groups is 1. The Morgan fingerprint density at radius 1 is 1.13 bits per heavy atom. The lowest BCUT2D eigenvalue weighted by atomic mass is 9.90. The van der Waals surface area contributed by atoms with Crippen LogP contribution in [-0.2, 0) is 11.2 Å². The second kappa shape index (κ2) is 9.85. The molecular formula is C23H32N4O4. The first-order valence-corrected chi connectivity index (χ1v) is 10.6. The predicted octanol–water partition coefficient (Wildman–Crippen LogP) is 4.44. The quantitative estimate of drug-likeness (QED) is 0.726. The van der Waals surface area contributed by atoms with Crippen molar-refractivity contribution in [1.82, 2.24) is 14.9 Å². The number of nitrogens with two attached hydrogens (primary N) is 1. The highest BCUT2D eigenvalue weighted by molar-refractivity contribution is 5.68. The third-order valence-corrected chi connectivity index (χ3v) is 5.25. The Morgan fingerprint density at radius 2 is 1.77 bits per heavy atom. The van der Waals surface area contributed by atoms with E-state index in [-0.39, 0.29) is 17.7 Å². The lowest BCUT2D eigenvalue weighted by Crippen LogP contribution is -2.41. The van der Waals surface area contributed by atoms with Crippen LogP contribution in [0.5, 0.6) is 17.5 Å². The van der Waals surface area contributed by atoms with Crippen molar-refractivity contribution in [3.63, 3.8) is 0 Å². The average molecular weight is 429 g/mol. The SMILES string of the molecule is COc1ncnc(Oc2ccc(CCC3CCN(C(=O)OC(C)(C)C)CC3)cc2)c1N. The van der Waals surface area contributed by atoms with Crippen molar-refractivity contribution in [2.45, 2.75) is 52.1 Å². The minimum Gasteiger partial charge on any atom is -0.479 e. The molecule has 3 rings (SSSR count). The molecule has 0 saturated carbocycles. The summed E-state index contributed by atoms with van der Waals surface area (Å²) >= 11 is 0. The van der Waals surface area contributed by atoms with Crippen LogP contribution in [0, 0.1) is 5.92 Å². The van der Waals surface area contributed by atoms with Crippen LogP contribution < -0.4 is 15.2 Å². The van der Waals surface area contributed by atoms with E-state index in [1.54, 1.807) is 0 Å². The number of nitrogen functional groups attached to an aromatic ring is 1. The van der Waals surface area contributed by atoms with Gasteiger partial charge in [0, 0.05) is 13.1 Å². The number of amides is 1. The van der Waals surface area contributed by atoms with Gasteiger partial charge in [0.1, 0.15) is 17.7 Å². The molecule has 0 aliphatic carbocycles. The van der Waals surface area contributed by atoms with Gasteiger partial charge in [0.05, 0.1) is 7.11 Å². The van der Waals surface area contributed by atoms with E-state index < -0.39 is 5.60 Å². The van der Waals surface area contributed by atoms with Crippen LogP contribution in [0.25, 0.3) is 0 Å². The molecule has 0 atom stereocenters. The van der Waals surface area contributed by atoms with E-state index in [1.165, 1.54) is 19.0 Å². The van der Waals surface area contributed by atoms with Gasteiger partial charge in [-0.15, -0.1) is 0 Å². The molecular weight excluding hydrogens is 396 g/mol. The van der Waals surface area contributed by atoms with Crippen molar-refractivity contribution in [3.8, 4) is 17.5 Å². The summed E-state index contributed by atoms with van der Waals surface area (Å²) in [6.07, 6.45) is 5.25. The first-order chi connectivity index (χ1) is 14.7. The lowest BCUT2D eigenvalue weighted by molar-refractivity contribution is 0.0181. The van der Waals surface area contributed by atoms with E-state index in [0.29, 0.717) is 17.5 Å². The Labute approximate surface area is 183 Å². The number of nitrogens with zero attached hydrogens (tertiary/aromatic N) is 3. The maximum atomic E-state index is 12.2. The molecule has 1 aromatic carbocycles. The van der Waals surface area contributed by atoms with Crippen LogP contribution >= 0.6 is 0 Å². The van der Waals surface area contributed by atoms with Gasteiger partial charge in [-0.25, -0.2) is 4.79 Å². The second-order valence-corrected chi connectivity index (χ2v) is 8.80. The number of aromatic nitrogens is 2. The molecule has 0 bridgehead atoms. The molecule has 1 aliphatic heterocycles. The van der Waals surface area contributed by atoms with Crippen molar-refractivity contribution in [1.29, 1.82) is 0 Å². The highest BCUT2D eigenvalue weighted by Gasteiger charge is 2.26. The van der Waals surface area contributed by atoms with Crippen molar-refractivity contribution < 1.29 is 19.0 Å². The first kappa shape index (κ1) is 22.7. The molecule has 1 aromatic heterocycles. The molecule has 0 unspecified atom stereocenters. The fourth-order valence-electron chi connectivity index (χ4n) is 3.55. The molecule has 0 radical (unpaired) electrons. The van der Waals surface area contributed by atoms with Gasteiger partial charge in [0.25, 0.3) is 0 Å². The summed E-state index contributed by atoms with van der Waals surface area (Å²) in [5, 5.41) is 0. The monoisotopic (exact) mass is 428 g/mol. The van der Waals surface area contributed by atoms with Crippen LogP contribution in [0.2, 0.25) is 0 Å². The number of aryl methyl sites for hydroxylation is 1. The number of hydrogen-bond donors (Lipinski definition) is 1. The van der Waals surface area contributed by atoms with E-state index in [9.17, 15) is 4.79 Å². The summed E-state index contributed by atoms with van der Waals surface area (Å²) in [7, 11) is 1.50. The van der Waals surface area contributed by atoms with Gasteiger partial charge < -0.3 is 24.8 Å². The minimum atomic E-state index is -0.449. The van der Waals surface area contributed by atoms with E-state index in [4.69, 9.17) is 19.9 Å². The number of carbonyl (C=O) groups excluding carboxylic acids is 1. The topological polar surface area (TPSA) is 99.8 Å². The Morgan fingerprint density at radius 3 is 2.39 bits per heavy atom. The van der Waals surface area contributed by atoms with Gasteiger partial charge in [-0.2, -0.15) is 9.97 Å².